The van der Waals surface area contributed by atoms with Crippen molar-refractivity contribution >= 4 is 12.1 Å². The van der Waals surface area contributed by atoms with Crippen molar-refractivity contribution in [2.24, 2.45) is 5.92 Å². The maximum absolute atomic E-state index is 11.0. The monoisotopic (exact) mass is 150 g/mol. The molecule has 11 heavy (non-hydrogen) atoms. The summed E-state index contributed by atoms with van der Waals surface area (Å²) < 4.78 is 0. The van der Waals surface area contributed by atoms with Crippen LogP contribution in [0.25, 0.3) is 0 Å². The fourth-order valence-electron chi connectivity index (χ4n) is 0.948. The van der Waals surface area contributed by atoms with Gasteiger partial charge in [-0.2, -0.15) is 0 Å². The van der Waals surface area contributed by atoms with E-state index in [-0.39, 0.29) is 11.7 Å². The first-order chi connectivity index (χ1) is 5.24. The van der Waals surface area contributed by atoms with Gasteiger partial charge in [0.1, 0.15) is 6.29 Å². The van der Waals surface area contributed by atoms with Gasteiger partial charge in [0.05, 0.1) is 0 Å². The molecule has 1 rings (SSSR count). The third-order valence-electron chi connectivity index (χ3n) is 1.69. The van der Waals surface area contributed by atoms with E-state index in [2.05, 4.69) is 0 Å². The van der Waals surface area contributed by atoms with Crippen molar-refractivity contribution in [3.05, 3.63) is 23.8 Å². The van der Waals surface area contributed by atoms with Gasteiger partial charge < -0.3 is 4.79 Å². The van der Waals surface area contributed by atoms with Crippen molar-refractivity contribution in [3.8, 4) is 0 Å². The smallest absolute Gasteiger partial charge is 0.162 e. The highest BCUT2D eigenvalue weighted by Crippen LogP contribution is 2.13. The first-order valence-corrected chi connectivity index (χ1v) is 3.60. The van der Waals surface area contributed by atoms with E-state index in [1.807, 2.05) is 19.1 Å². The van der Waals surface area contributed by atoms with E-state index in [1.54, 1.807) is 6.08 Å². The number of aldehydes is 1. The SMILES string of the molecule is CC1C=CC(CC=O)=CC1=O. The Morgan fingerprint density at radius 2 is 2.36 bits per heavy atom. The Balaban J connectivity index is 2.71. The van der Waals surface area contributed by atoms with Crippen LogP contribution in [0.4, 0.5) is 0 Å². The van der Waals surface area contributed by atoms with E-state index < -0.39 is 0 Å². The Hall–Kier alpha value is -1.18. The predicted molar refractivity (Wildman–Crippen MR) is 42.1 cm³/mol. The van der Waals surface area contributed by atoms with Gasteiger partial charge in [0.25, 0.3) is 0 Å². The molecule has 0 aliphatic heterocycles. The van der Waals surface area contributed by atoms with Gasteiger partial charge in [-0.15, -0.1) is 0 Å². The molecule has 1 aliphatic rings. The third-order valence-corrected chi connectivity index (χ3v) is 1.69. The summed E-state index contributed by atoms with van der Waals surface area (Å²) in [5.74, 6) is 0.0646. The molecule has 58 valence electrons. The van der Waals surface area contributed by atoms with Crippen LogP contribution in [0, 0.1) is 5.92 Å². The van der Waals surface area contributed by atoms with Crippen LogP contribution in [0.1, 0.15) is 13.3 Å². The van der Waals surface area contributed by atoms with Gasteiger partial charge in [0, 0.05) is 12.3 Å². The van der Waals surface area contributed by atoms with E-state index in [9.17, 15) is 9.59 Å². The zero-order valence-corrected chi connectivity index (χ0v) is 6.41. The standard InChI is InChI=1S/C9H10O2/c1-7-2-3-8(4-5-10)6-9(7)11/h2-3,5-7H,4H2,1H3. The van der Waals surface area contributed by atoms with E-state index >= 15 is 0 Å². The zero-order valence-electron chi connectivity index (χ0n) is 6.41. The molecule has 0 fully saturated rings. The van der Waals surface area contributed by atoms with E-state index in [4.69, 9.17) is 0 Å². The predicted octanol–water partition coefficient (Wildman–Crippen LogP) is 1.28. The Morgan fingerprint density at radius 1 is 1.64 bits per heavy atom. The number of carbonyl (C=O) groups excluding carboxylic acids is 2. The fourth-order valence-corrected chi connectivity index (χ4v) is 0.948. The number of hydrogen-bond donors (Lipinski definition) is 0. The van der Waals surface area contributed by atoms with Gasteiger partial charge >= 0.3 is 0 Å². The lowest BCUT2D eigenvalue weighted by Crippen LogP contribution is -2.09. The summed E-state index contributed by atoms with van der Waals surface area (Å²) in [5, 5.41) is 0. The second-order valence-corrected chi connectivity index (χ2v) is 2.64. The molecule has 0 radical (unpaired) electrons. The summed E-state index contributed by atoms with van der Waals surface area (Å²) in [6, 6.07) is 0. The van der Waals surface area contributed by atoms with Crippen molar-refractivity contribution in [3.63, 3.8) is 0 Å². The molecule has 0 aromatic carbocycles. The van der Waals surface area contributed by atoms with Crippen LogP contribution in [-0.2, 0) is 9.59 Å². The van der Waals surface area contributed by atoms with Gasteiger partial charge in [-0.05, 0) is 11.6 Å². The van der Waals surface area contributed by atoms with Crippen molar-refractivity contribution in [1.82, 2.24) is 0 Å². The summed E-state index contributed by atoms with van der Waals surface area (Å²) in [6.07, 6.45) is 6.34. The van der Waals surface area contributed by atoms with Gasteiger partial charge in [-0.1, -0.05) is 19.1 Å². The largest absolute Gasteiger partial charge is 0.303 e. The molecule has 0 aromatic rings. The summed E-state index contributed by atoms with van der Waals surface area (Å²) in [7, 11) is 0. The van der Waals surface area contributed by atoms with Crippen LogP contribution in [0.3, 0.4) is 0 Å². The highest BCUT2D eigenvalue weighted by molar-refractivity contribution is 5.95. The van der Waals surface area contributed by atoms with E-state index in [0.717, 1.165) is 11.9 Å². The van der Waals surface area contributed by atoms with Crippen LogP contribution in [0.15, 0.2) is 23.8 Å². The van der Waals surface area contributed by atoms with Crippen LogP contribution in [0.2, 0.25) is 0 Å². The van der Waals surface area contributed by atoms with Crippen molar-refractivity contribution in [1.29, 1.82) is 0 Å². The molecule has 0 saturated carbocycles. The maximum Gasteiger partial charge on any atom is 0.162 e. The number of carbonyl (C=O) groups is 2. The molecule has 2 nitrogen and oxygen atoms in total. The molecule has 0 N–H and O–H groups in total. The Morgan fingerprint density at radius 3 is 2.91 bits per heavy atom. The number of rotatable bonds is 2. The Labute approximate surface area is 65.6 Å². The van der Waals surface area contributed by atoms with Crippen LogP contribution in [0.5, 0.6) is 0 Å². The lowest BCUT2D eigenvalue weighted by molar-refractivity contribution is -0.116. The van der Waals surface area contributed by atoms with Crippen molar-refractivity contribution < 1.29 is 9.59 Å². The van der Waals surface area contributed by atoms with Gasteiger partial charge in [0.15, 0.2) is 5.78 Å². The lowest BCUT2D eigenvalue weighted by atomic mass is 9.96. The summed E-state index contributed by atoms with van der Waals surface area (Å²) in [5.41, 5.74) is 0.808. The lowest BCUT2D eigenvalue weighted by Gasteiger charge is -2.07. The minimum atomic E-state index is -0.0228. The molecule has 2 heteroatoms. The van der Waals surface area contributed by atoms with Crippen LogP contribution in [-0.4, -0.2) is 12.1 Å². The molecular weight excluding hydrogens is 140 g/mol. The zero-order chi connectivity index (χ0) is 8.27. The topological polar surface area (TPSA) is 34.1 Å². The minimum Gasteiger partial charge on any atom is -0.303 e. The molecule has 0 aromatic heterocycles. The molecule has 0 spiro atoms. The number of hydrogen-bond acceptors (Lipinski definition) is 2. The number of allylic oxidation sites excluding steroid dienone is 4. The molecule has 0 saturated heterocycles. The van der Waals surface area contributed by atoms with E-state index in [1.165, 1.54) is 0 Å². The molecule has 1 aliphatic carbocycles. The molecule has 0 bridgehead atoms. The molecule has 1 unspecified atom stereocenters. The maximum atomic E-state index is 11.0. The second-order valence-electron chi connectivity index (χ2n) is 2.64. The normalized spacial score (nSPS) is 23.2. The number of ketones is 1. The van der Waals surface area contributed by atoms with Gasteiger partial charge in [-0.25, -0.2) is 0 Å². The first-order valence-electron chi connectivity index (χ1n) is 3.60. The van der Waals surface area contributed by atoms with Crippen LogP contribution >= 0.6 is 0 Å². The molecule has 0 heterocycles. The van der Waals surface area contributed by atoms with E-state index in [0.29, 0.717) is 6.42 Å². The van der Waals surface area contributed by atoms with Gasteiger partial charge in [0.2, 0.25) is 0 Å². The highest BCUT2D eigenvalue weighted by Gasteiger charge is 2.11. The van der Waals surface area contributed by atoms with Crippen molar-refractivity contribution in [2.75, 3.05) is 0 Å². The fraction of sp³-hybridized carbons (Fsp3) is 0.333. The average Bonchev–Trinajstić information content (AvgIpc) is 1.98. The summed E-state index contributed by atoms with van der Waals surface area (Å²) in [4.78, 5) is 21.1. The summed E-state index contributed by atoms with van der Waals surface area (Å²) in [6.45, 7) is 1.84. The third kappa shape index (κ3) is 1.87. The van der Waals surface area contributed by atoms with Crippen molar-refractivity contribution in [2.45, 2.75) is 13.3 Å². The average molecular weight is 150 g/mol. The Bertz CT molecular complexity index is 236. The molecule has 1 atom stereocenters. The van der Waals surface area contributed by atoms with Gasteiger partial charge in [-0.3, -0.25) is 4.79 Å². The molecular formula is C9H10O2. The van der Waals surface area contributed by atoms with Crippen LogP contribution < -0.4 is 0 Å². The quantitative estimate of drug-likeness (QED) is 0.555. The second kappa shape index (κ2) is 3.28. The highest BCUT2D eigenvalue weighted by atomic mass is 16.1. The summed E-state index contributed by atoms with van der Waals surface area (Å²) >= 11 is 0. The Kier molecular flexibility index (Phi) is 2.36. The first kappa shape index (κ1) is 7.92. The molecule has 0 amide bonds. The minimum absolute atomic E-state index is 0.0228.